The summed E-state index contributed by atoms with van der Waals surface area (Å²) in [5, 5.41) is 12.5. The van der Waals surface area contributed by atoms with E-state index in [1.54, 1.807) is 0 Å². The van der Waals surface area contributed by atoms with E-state index in [0.717, 1.165) is 31.6 Å². The first kappa shape index (κ1) is 14.0. The van der Waals surface area contributed by atoms with Gasteiger partial charge in [0.2, 0.25) is 5.91 Å². The van der Waals surface area contributed by atoms with Crippen LogP contribution in [0.25, 0.3) is 0 Å². The van der Waals surface area contributed by atoms with Crippen molar-refractivity contribution in [2.24, 2.45) is 5.92 Å². The van der Waals surface area contributed by atoms with Crippen LogP contribution in [0.2, 0.25) is 0 Å². The lowest BCUT2D eigenvalue weighted by atomic mass is 9.93. The molecule has 0 radical (unpaired) electrons. The highest BCUT2D eigenvalue weighted by Crippen LogP contribution is 2.19. The predicted octanol–water partition coefficient (Wildman–Crippen LogP) is 1.72. The number of anilines is 1. The molecular weight excluding hydrogens is 240 g/mol. The Morgan fingerprint density at radius 2 is 2.21 bits per heavy atom. The molecule has 2 rings (SSSR count). The average Bonchev–Trinajstić information content (AvgIpc) is 2.40. The van der Waals surface area contributed by atoms with Gasteiger partial charge in [-0.1, -0.05) is 18.2 Å². The van der Waals surface area contributed by atoms with Crippen molar-refractivity contribution in [2.75, 3.05) is 25.0 Å². The molecule has 0 saturated carbocycles. The Morgan fingerprint density at radius 1 is 1.47 bits per heavy atom. The van der Waals surface area contributed by atoms with Gasteiger partial charge in [0.15, 0.2) is 0 Å². The molecule has 0 bridgehead atoms. The van der Waals surface area contributed by atoms with Gasteiger partial charge in [-0.25, -0.2) is 0 Å². The molecule has 2 unspecified atom stereocenters. The minimum atomic E-state index is -0.292. The molecule has 2 atom stereocenters. The molecule has 4 heteroatoms. The lowest BCUT2D eigenvalue weighted by Crippen LogP contribution is -2.43. The van der Waals surface area contributed by atoms with Crippen LogP contribution in [0.1, 0.15) is 19.8 Å². The number of aliphatic hydroxyl groups is 1. The molecule has 1 amide bonds. The highest BCUT2D eigenvalue weighted by molar-refractivity contribution is 5.92. The van der Waals surface area contributed by atoms with Crippen LogP contribution in [-0.2, 0) is 4.79 Å². The first-order valence-corrected chi connectivity index (χ1v) is 6.90. The smallest absolute Gasteiger partial charge is 0.238 e. The molecule has 0 spiro atoms. The largest absolute Gasteiger partial charge is 0.393 e. The third-order valence-electron chi connectivity index (χ3n) is 3.65. The van der Waals surface area contributed by atoms with Gasteiger partial charge in [-0.2, -0.15) is 0 Å². The second-order valence-electron chi connectivity index (χ2n) is 5.29. The van der Waals surface area contributed by atoms with E-state index in [-0.39, 0.29) is 12.0 Å². The number of aliphatic hydroxyl groups excluding tert-OH is 1. The first-order valence-electron chi connectivity index (χ1n) is 6.90. The number of piperidine rings is 1. The van der Waals surface area contributed by atoms with Crippen LogP contribution in [0.4, 0.5) is 5.69 Å². The summed E-state index contributed by atoms with van der Waals surface area (Å²) in [7, 11) is 0. The standard InChI is InChI=1S/C15H22N2O2/c1-12(18)13-6-5-9-17(10-13)11-15(19)16-14-7-3-2-4-8-14/h2-4,7-8,12-13,18H,5-6,9-11H2,1H3,(H,16,19). The van der Waals surface area contributed by atoms with Crippen LogP contribution in [-0.4, -0.2) is 41.7 Å². The number of benzene rings is 1. The molecule has 19 heavy (non-hydrogen) atoms. The summed E-state index contributed by atoms with van der Waals surface area (Å²) in [6.07, 6.45) is 1.81. The van der Waals surface area contributed by atoms with Gasteiger partial charge in [-0.3, -0.25) is 9.69 Å². The number of carbonyl (C=O) groups excluding carboxylic acids is 1. The van der Waals surface area contributed by atoms with E-state index in [1.165, 1.54) is 0 Å². The SMILES string of the molecule is CC(O)C1CCCN(CC(=O)Nc2ccccc2)C1. The normalized spacial score (nSPS) is 21.9. The van der Waals surface area contributed by atoms with E-state index in [0.29, 0.717) is 12.5 Å². The second kappa shape index (κ2) is 6.68. The van der Waals surface area contributed by atoms with E-state index in [9.17, 15) is 9.90 Å². The summed E-state index contributed by atoms with van der Waals surface area (Å²) in [5.41, 5.74) is 0.830. The maximum Gasteiger partial charge on any atom is 0.238 e. The molecular formula is C15H22N2O2. The Labute approximate surface area is 114 Å². The number of para-hydroxylation sites is 1. The molecule has 2 N–H and O–H groups in total. The van der Waals surface area contributed by atoms with Crippen molar-refractivity contribution in [3.05, 3.63) is 30.3 Å². The van der Waals surface area contributed by atoms with Crippen molar-refractivity contribution < 1.29 is 9.90 Å². The maximum absolute atomic E-state index is 11.9. The van der Waals surface area contributed by atoms with Crippen LogP contribution < -0.4 is 5.32 Å². The fourth-order valence-electron chi connectivity index (χ4n) is 2.55. The highest BCUT2D eigenvalue weighted by Gasteiger charge is 2.24. The predicted molar refractivity (Wildman–Crippen MR) is 75.9 cm³/mol. The van der Waals surface area contributed by atoms with E-state index in [1.807, 2.05) is 37.3 Å². The Kier molecular flexibility index (Phi) is 4.93. The van der Waals surface area contributed by atoms with Gasteiger partial charge < -0.3 is 10.4 Å². The fourth-order valence-corrected chi connectivity index (χ4v) is 2.55. The Hall–Kier alpha value is -1.39. The topological polar surface area (TPSA) is 52.6 Å². The zero-order valence-corrected chi connectivity index (χ0v) is 11.4. The Bertz CT molecular complexity index is 406. The van der Waals surface area contributed by atoms with Gasteiger partial charge in [0.05, 0.1) is 12.6 Å². The second-order valence-corrected chi connectivity index (χ2v) is 5.29. The lowest BCUT2D eigenvalue weighted by Gasteiger charge is -2.33. The number of likely N-dealkylation sites (tertiary alicyclic amines) is 1. The Balaban J connectivity index is 1.82. The summed E-state index contributed by atoms with van der Waals surface area (Å²) in [6.45, 7) is 3.97. The summed E-state index contributed by atoms with van der Waals surface area (Å²) in [4.78, 5) is 14.1. The zero-order chi connectivity index (χ0) is 13.7. The van der Waals surface area contributed by atoms with Crippen LogP contribution in [0.3, 0.4) is 0 Å². The van der Waals surface area contributed by atoms with E-state index in [4.69, 9.17) is 0 Å². The zero-order valence-electron chi connectivity index (χ0n) is 11.4. The van der Waals surface area contributed by atoms with E-state index >= 15 is 0 Å². The minimum absolute atomic E-state index is 0.0115. The fraction of sp³-hybridized carbons (Fsp3) is 0.533. The third kappa shape index (κ3) is 4.33. The summed E-state index contributed by atoms with van der Waals surface area (Å²) < 4.78 is 0. The lowest BCUT2D eigenvalue weighted by molar-refractivity contribution is -0.118. The average molecular weight is 262 g/mol. The van der Waals surface area contributed by atoms with Gasteiger partial charge in [-0.15, -0.1) is 0 Å². The number of nitrogens with zero attached hydrogens (tertiary/aromatic N) is 1. The molecule has 0 aromatic heterocycles. The number of carbonyl (C=O) groups is 1. The monoisotopic (exact) mass is 262 g/mol. The van der Waals surface area contributed by atoms with Crippen molar-refractivity contribution >= 4 is 11.6 Å². The maximum atomic E-state index is 11.9. The van der Waals surface area contributed by atoms with Crippen molar-refractivity contribution in [3.8, 4) is 0 Å². The molecule has 4 nitrogen and oxygen atoms in total. The number of hydrogen-bond donors (Lipinski definition) is 2. The minimum Gasteiger partial charge on any atom is -0.393 e. The van der Waals surface area contributed by atoms with Gasteiger partial charge in [-0.05, 0) is 44.4 Å². The molecule has 1 aliphatic heterocycles. The quantitative estimate of drug-likeness (QED) is 0.868. The van der Waals surface area contributed by atoms with Crippen LogP contribution >= 0.6 is 0 Å². The summed E-state index contributed by atoms with van der Waals surface area (Å²) in [6, 6.07) is 9.49. The van der Waals surface area contributed by atoms with Gasteiger partial charge in [0.25, 0.3) is 0 Å². The number of nitrogens with one attached hydrogen (secondary N) is 1. The van der Waals surface area contributed by atoms with Crippen molar-refractivity contribution in [2.45, 2.75) is 25.9 Å². The molecule has 0 aliphatic carbocycles. The van der Waals surface area contributed by atoms with Crippen molar-refractivity contribution in [1.82, 2.24) is 4.90 Å². The van der Waals surface area contributed by atoms with Gasteiger partial charge >= 0.3 is 0 Å². The van der Waals surface area contributed by atoms with Crippen LogP contribution in [0.5, 0.6) is 0 Å². The first-order chi connectivity index (χ1) is 9.15. The summed E-state index contributed by atoms with van der Waals surface area (Å²) >= 11 is 0. The number of amides is 1. The Morgan fingerprint density at radius 3 is 2.89 bits per heavy atom. The molecule has 1 fully saturated rings. The molecule has 1 heterocycles. The van der Waals surface area contributed by atoms with Crippen LogP contribution in [0.15, 0.2) is 30.3 Å². The van der Waals surface area contributed by atoms with Crippen LogP contribution in [0, 0.1) is 5.92 Å². The molecule has 1 aliphatic rings. The van der Waals surface area contributed by atoms with Crippen molar-refractivity contribution in [3.63, 3.8) is 0 Å². The molecule has 1 aromatic rings. The molecule has 1 aromatic carbocycles. The van der Waals surface area contributed by atoms with Gasteiger partial charge in [0.1, 0.15) is 0 Å². The third-order valence-corrected chi connectivity index (χ3v) is 3.65. The summed E-state index contributed by atoms with van der Waals surface area (Å²) in [5.74, 6) is 0.302. The molecule has 1 saturated heterocycles. The van der Waals surface area contributed by atoms with Gasteiger partial charge in [0, 0.05) is 12.2 Å². The van der Waals surface area contributed by atoms with E-state index in [2.05, 4.69) is 10.2 Å². The van der Waals surface area contributed by atoms with Crippen molar-refractivity contribution in [1.29, 1.82) is 0 Å². The highest BCUT2D eigenvalue weighted by atomic mass is 16.3. The number of hydrogen-bond acceptors (Lipinski definition) is 3. The number of rotatable bonds is 4. The van der Waals surface area contributed by atoms with E-state index < -0.39 is 0 Å². The molecule has 104 valence electrons.